The summed E-state index contributed by atoms with van der Waals surface area (Å²) < 4.78 is 7.68. The number of aromatic nitrogens is 2. The van der Waals surface area contributed by atoms with Crippen molar-refractivity contribution < 1.29 is 9.21 Å². The number of rotatable bonds is 4. The highest BCUT2D eigenvalue weighted by Gasteiger charge is 2.27. The summed E-state index contributed by atoms with van der Waals surface area (Å²) in [5.74, 6) is 1.61. The monoisotopic (exact) mass is 394 g/mol. The number of benzene rings is 1. The van der Waals surface area contributed by atoms with E-state index in [0.717, 1.165) is 40.5 Å². The summed E-state index contributed by atoms with van der Waals surface area (Å²) in [5, 5.41) is 8.58. The molecule has 4 rings (SSSR count). The number of fused-ring (bicyclic) bond motifs is 1. The molecule has 29 heavy (non-hydrogen) atoms. The van der Waals surface area contributed by atoms with Crippen molar-refractivity contribution in [2.24, 2.45) is 12.0 Å². The Hall–Kier alpha value is -3.29. The zero-order valence-electron chi connectivity index (χ0n) is 17.1. The lowest BCUT2D eigenvalue weighted by molar-refractivity contribution is -0.120. The molecule has 0 bridgehead atoms. The SMILES string of the molecule is CCNC(=NCc1oc2ccccc2c1C)N1CCN(c2cnn(C)c2)C(=O)C1. The molecule has 1 aliphatic heterocycles. The maximum atomic E-state index is 12.7. The van der Waals surface area contributed by atoms with Gasteiger partial charge in [0.15, 0.2) is 5.96 Å². The molecule has 1 aliphatic rings. The predicted molar refractivity (Wildman–Crippen MR) is 113 cm³/mol. The Morgan fingerprint density at radius 3 is 2.83 bits per heavy atom. The number of furan rings is 1. The van der Waals surface area contributed by atoms with Crippen LogP contribution in [0.4, 0.5) is 5.69 Å². The number of nitrogens with zero attached hydrogens (tertiary/aromatic N) is 5. The second-order valence-electron chi connectivity index (χ2n) is 7.16. The fourth-order valence-corrected chi connectivity index (χ4v) is 3.62. The van der Waals surface area contributed by atoms with Gasteiger partial charge in [-0.3, -0.25) is 9.48 Å². The summed E-state index contributed by atoms with van der Waals surface area (Å²) in [6, 6.07) is 8.01. The Balaban J connectivity index is 1.50. The third kappa shape index (κ3) is 3.83. The summed E-state index contributed by atoms with van der Waals surface area (Å²) in [4.78, 5) is 21.2. The number of amides is 1. The summed E-state index contributed by atoms with van der Waals surface area (Å²) in [6.45, 7) is 6.81. The van der Waals surface area contributed by atoms with Crippen molar-refractivity contribution in [2.45, 2.75) is 20.4 Å². The molecule has 8 nitrogen and oxygen atoms in total. The summed E-state index contributed by atoms with van der Waals surface area (Å²) in [7, 11) is 1.85. The van der Waals surface area contributed by atoms with Gasteiger partial charge < -0.3 is 19.5 Å². The largest absolute Gasteiger partial charge is 0.459 e. The van der Waals surface area contributed by atoms with E-state index in [1.165, 1.54) is 0 Å². The average Bonchev–Trinajstić information content (AvgIpc) is 3.29. The maximum absolute atomic E-state index is 12.7. The van der Waals surface area contributed by atoms with Gasteiger partial charge in [-0.25, -0.2) is 4.99 Å². The van der Waals surface area contributed by atoms with Crippen LogP contribution in [0.3, 0.4) is 0 Å². The number of anilines is 1. The number of aryl methyl sites for hydroxylation is 2. The van der Waals surface area contributed by atoms with Crippen LogP contribution in [-0.2, 0) is 18.4 Å². The van der Waals surface area contributed by atoms with Gasteiger partial charge in [-0.15, -0.1) is 0 Å². The van der Waals surface area contributed by atoms with Gasteiger partial charge in [0.25, 0.3) is 0 Å². The Morgan fingerprint density at radius 2 is 2.14 bits per heavy atom. The van der Waals surface area contributed by atoms with Crippen molar-refractivity contribution in [1.82, 2.24) is 20.0 Å². The zero-order chi connectivity index (χ0) is 20.4. The molecule has 0 saturated carbocycles. The minimum atomic E-state index is 0.0368. The van der Waals surface area contributed by atoms with Crippen molar-refractivity contribution in [1.29, 1.82) is 0 Å². The smallest absolute Gasteiger partial charge is 0.246 e. The Labute approximate surface area is 169 Å². The van der Waals surface area contributed by atoms with Gasteiger partial charge in [0.1, 0.15) is 24.4 Å². The molecule has 0 radical (unpaired) electrons. The molecular weight excluding hydrogens is 368 g/mol. The minimum absolute atomic E-state index is 0.0368. The van der Waals surface area contributed by atoms with Crippen LogP contribution in [0.25, 0.3) is 11.0 Å². The number of hydrogen-bond donors (Lipinski definition) is 1. The van der Waals surface area contributed by atoms with Crippen LogP contribution in [0.15, 0.2) is 46.1 Å². The maximum Gasteiger partial charge on any atom is 0.246 e. The van der Waals surface area contributed by atoms with Crippen LogP contribution in [-0.4, -0.2) is 52.7 Å². The summed E-state index contributed by atoms with van der Waals surface area (Å²) >= 11 is 0. The molecule has 8 heteroatoms. The van der Waals surface area contributed by atoms with Crippen molar-refractivity contribution in [2.75, 3.05) is 31.1 Å². The van der Waals surface area contributed by atoms with E-state index in [1.54, 1.807) is 15.8 Å². The van der Waals surface area contributed by atoms with Gasteiger partial charge >= 0.3 is 0 Å². The molecule has 3 heterocycles. The molecule has 152 valence electrons. The Kier molecular flexibility index (Phi) is 5.24. The molecular formula is C21H26N6O2. The van der Waals surface area contributed by atoms with E-state index in [-0.39, 0.29) is 12.5 Å². The van der Waals surface area contributed by atoms with E-state index < -0.39 is 0 Å². The molecule has 1 saturated heterocycles. The van der Waals surface area contributed by atoms with Crippen molar-refractivity contribution in [3.05, 3.63) is 48.0 Å². The number of nitrogens with one attached hydrogen (secondary N) is 1. The van der Waals surface area contributed by atoms with Crippen LogP contribution in [0.2, 0.25) is 0 Å². The van der Waals surface area contributed by atoms with Gasteiger partial charge in [0.05, 0.1) is 11.9 Å². The standard InChI is InChI=1S/C21H26N6O2/c1-4-22-21(23-12-19-15(2)17-7-5-6-8-18(17)29-19)26-9-10-27(20(28)14-26)16-11-24-25(3)13-16/h5-8,11,13H,4,9-10,12,14H2,1-3H3,(H,22,23). The van der Waals surface area contributed by atoms with Crippen molar-refractivity contribution in [3.63, 3.8) is 0 Å². The average molecular weight is 394 g/mol. The van der Waals surface area contributed by atoms with E-state index in [1.807, 2.05) is 43.3 Å². The second-order valence-corrected chi connectivity index (χ2v) is 7.16. The van der Waals surface area contributed by atoms with E-state index in [9.17, 15) is 4.79 Å². The molecule has 0 atom stereocenters. The van der Waals surface area contributed by atoms with Crippen LogP contribution in [0.5, 0.6) is 0 Å². The van der Waals surface area contributed by atoms with E-state index in [2.05, 4.69) is 23.4 Å². The molecule has 0 spiro atoms. The second kappa shape index (κ2) is 7.98. The first kappa shape index (κ1) is 19.0. The van der Waals surface area contributed by atoms with Crippen LogP contribution < -0.4 is 10.2 Å². The Bertz CT molecular complexity index is 1050. The van der Waals surface area contributed by atoms with E-state index in [0.29, 0.717) is 19.6 Å². The highest BCUT2D eigenvalue weighted by atomic mass is 16.3. The van der Waals surface area contributed by atoms with Crippen molar-refractivity contribution in [3.8, 4) is 0 Å². The van der Waals surface area contributed by atoms with Gasteiger partial charge in [0, 0.05) is 43.8 Å². The molecule has 1 N–H and O–H groups in total. The Morgan fingerprint density at radius 1 is 1.31 bits per heavy atom. The first-order valence-electron chi connectivity index (χ1n) is 9.86. The minimum Gasteiger partial charge on any atom is -0.459 e. The van der Waals surface area contributed by atoms with Crippen LogP contribution in [0, 0.1) is 6.92 Å². The molecule has 1 amide bonds. The lowest BCUT2D eigenvalue weighted by atomic mass is 10.1. The van der Waals surface area contributed by atoms with Gasteiger partial charge in [-0.05, 0) is 19.9 Å². The number of carbonyl (C=O) groups excluding carboxylic acids is 1. The predicted octanol–water partition coefficient (Wildman–Crippen LogP) is 2.29. The third-order valence-electron chi connectivity index (χ3n) is 5.17. The lowest BCUT2D eigenvalue weighted by Crippen LogP contribution is -2.55. The topological polar surface area (TPSA) is 78.9 Å². The summed E-state index contributed by atoms with van der Waals surface area (Å²) in [6.07, 6.45) is 3.58. The lowest BCUT2D eigenvalue weighted by Gasteiger charge is -2.35. The third-order valence-corrected chi connectivity index (χ3v) is 5.17. The number of guanidine groups is 1. The quantitative estimate of drug-likeness (QED) is 0.543. The first-order chi connectivity index (χ1) is 14.1. The van der Waals surface area contributed by atoms with E-state index in [4.69, 9.17) is 9.41 Å². The number of aliphatic imine (C=N–C) groups is 1. The fourth-order valence-electron chi connectivity index (χ4n) is 3.62. The van der Waals surface area contributed by atoms with Crippen LogP contribution in [0.1, 0.15) is 18.2 Å². The van der Waals surface area contributed by atoms with Gasteiger partial charge in [0.2, 0.25) is 5.91 Å². The molecule has 0 unspecified atom stereocenters. The summed E-state index contributed by atoms with van der Waals surface area (Å²) in [5.41, 5.74) is 2.81. The number of para-hydroxylation sites is 1. The molecule has 0 aliphatic carbocycles. The number of hydrogen-bond acceptors (Lipinski definition) is 4. The molecule has 3 aromatic rings. The number of carbonyl (C=O) groups is 1. The highest BCUT2D eigenvalue weighted by molar-refractivity contribution is 5.98. The molecule has 1 fully saturated rings. The first-order valence-corrected chi connectivity index (χ1v) is 9.86. The van der Waals surface area contributed by atoms with Crippen LogP contribution >= 0.6 is 0 Å². The van der Waals surface area contributed by atoms with E-state index >= 15 is 0 Å². The number of piperazine rings is 1. The fraction of sp³-hybridized carbons (Fsp3) is 0.381. The van der Waals surface area contributed by atoms with Gasteiger partial charge in [-0.1, -0.05) is 18.2 Å². The zero-order valence-corrected chi connectivity index (χ0v) is 17.1. The molecule has 2 aromatic heterocycles. The molecule has 1 aromatic carbocycles. The highest BCUT2D eigenvalue weighted by Crippen LogP contribution is 2.25. The van der Waals surface area contributed by atoms with Crippen molar-refractivity contribution >= 4 is 28.5 Å². The van der Waals surface area contributed by atoms with Gasteiger partial charge in [-0.2, -0.15) is 5.10 Å². The normalized spacial score (nSPS) is 15.4.